The Morgan fingerprint density at radius 2 is 1.89 bits per heavy atom. The van der Waals surface area contributed by atoms with Crippen molar-refractivity contribution in [3.63, 3.8) is 0 Å². The Bertz CT molecular complexity index is 816. The molecule has 1 unspecified atom stereocenters. The maximum atomic E-state index is 12.7. The Kier molecular flexibility index (Phi) is 4.94. The quantitative estimate of drug-likeness (QED) is 0.834. The van der Waals surface area contributed by atoms with Gasteiger partial charge in [-0.15, -0.1) is 0 Å². The minimum Gasteiger partial charge on any atom is -0.446 e. The fraction of sp³-hybridized carbons (Fsp3) is 0.450. The van der Waals surface area contributed by atoms with E-state index in [-0.39, 0.29) is 17.7 Å². The molecule has 1 aromatic carbocycles. The van der Waals surface area contributed by atoms with E-state index in [1.165, 1.54) is 6.26 Å². The number of Topliss-reactive ketones (excluding diaryl/α,β-unsaturated/α-hetero) is 1. The van der Waals surface area contributed by atoms with E-state index in [2.05, 4.69) is 15.2 Å². The molecule has 2 aromatic rings. The lowest BCUT2D eigenvalue weighted by Gasteiger charge is -2.35. The number of rotatable bonds is 4. The van der Waals surface area contributed by atoms with Crippen molar-refractivity contribution >= 4 is 17.4 Å². The molecule has 1 amide bonds. The van der Waals surface area contributed by atoms with Gasteiger partial charge in [0.2, 0.25) is 5.89 Å². The van der Waals surface area contributed by atoms with Gasteiger partial charge in [-0.1, -0.05) is 0 Å². The number of aromatic nitrogens is 1. The molecule has 1 aromatic heterocycles. The highest BCUT2D eigenvalue weighted by atomic mass is 16.3. The molecule has 7 nitrogen and oxygen atoms in total. The van der Waals surface area contributed by atoms with Crippen molar-refractivity contribution < 1.29 is 14.0 Å². The lowest BCUT2D eigenvalue weighted by atomic mass is 10.1. The van der Waals surface area contributed by atoms with Crippen LogP contribution in [0.2, 0.25) is 0 Å². The lowest BCUT2D eigenvalue weighted by molar-refractivity contribution is 0.0740. The fourth-order valence-electron chi connectivity index (χ4n) is 3.68. The number of amides is 1. The molecular formula is C20H24N4O3. The number of carbonyl (C=O) groups excluding carboxylic acids is 2. The first kappa shape index (κ1) is 17.7. The molecule has 3 heterocycles. The summed E-state index contributed by atoms with van der Waals surface area (Å²) in [5, 5.41) is 3.33. The number of anilines is 1. The molecule has 1 N–H and O–H groups in total. The van der Waals surface area contributed by atoms with Crippen LogP contribution in [0.5, 0.6) is 0 Å². The van der Waals surface area contributed by atoms with Crippen LogP contribution in [0.1, 0.15) is 52.5 Å². The summed E-state index contributed by atoms with van der Waals surface area (Å²) in [6, 6.07) is 7.76. The van der Waals surface area contributed by atoms with Crippen LogP contribution < -0.4 is 10.2 Å². The Balaban J connectivity index is 1.35. The first-order chi connectivity index (χ1) is 13.1. The molecule has 0 bridgehead atoms. The van der Waals surface area contributed by atoms with E-state index in [9.17, 15) is 9.59 Å². The van der Waals surface area contributed by atoms with Gasteiger partial charge in [-0.05, 0) is 50.6 Å². The van der Waals surface area contributed by atoms with Gasteiger partial charge in [0, 0.05) is 37.4 Å². The molecule has 142 valence electrons. The number of ketones is 1. The smallest absolute Gasteiger partial charge is 0.275 e. The Morgan fingerprint density at radius 3 is 2.52 bits per heavy atom. The third kappa shape index (κ3) is 3.73. The Morgan fingerprint density at radius 1 is 1.15 bits per heavy atom. The minimum atomic E-state index is -0.0745. The van der Waals surface area contributed by atoms with Gasteiger partial charge in [-0.25, -0.2) is 4.98 Å². The van der Waals surface area contributed by atoms with Crippen molar-refractivity contribution in [1.82, 2.24) is 15.2 Å². The van der Waals surface area contributed by atoms with Crippen LogP contribution in [-0.2, 0) is 0 Å². The highest BCUT2D eigenvalue weighted by Crippen LogP contribution is 2.23. The van der Waals surface area contributed by atoms with E-state index < -0.39 is 0 Å². The van der Waals surface area contributed by atoms with Crippen molar-refractivity contribution in [2.45, 2.75) is 25.8 Å². The second kappa shape index (κ2) is 7.52. The van der Waals surface area contributed by atoms with E-state index in [0.717, 1.165) is 38.2 Å². The van der Waals surface area contributed by atoms with Gasteiger partial charge >= 0.3 is 0 Å². The lowest BCUT2D eigenvalue weighted by Crippen LogP contribution is -2.48. The number of piperazine rings is 1. The normalized spacial score (nSPS) is 20.1. The molecule has 0 saturated carbocycles. The van der Waals surface area contributed by atoms with E-state index >= 15 is 0 Å². The number of benzene rings is 1. The zero-order valence-corrected chi connectivity index (χ0v) is 15.5. The third-order valence-corrected chi connectivity index (χ3v) is 5.31. The predicted molar refractivity (Wildman–Crippen MR) is 101 cm³/mol. The molecule has 2 saturated heterocycles. The summed E-state index contributed by atoms with van der Waals surface area (Å²) < 4.78 is 5.52. The zero-order valence-electron chi connectivity index (χ0n) is 15.5. The van der Waals surface area contributed by atoms with Crippen molar-refractivity contribution in [2.75, 3.05) is 37.6 Å². The number of nitrogens with zero attached hydrogens (tertiary/aromatic N) is 3. The fourth-order valence-corrected chi connectivity index (χ4v) is 3.68. The van der Waals surface area contributed by atoms with Crippen LogP contribution in [0, 0.1) is 0 Å². The van der Waals surface area contributed by atoms with Crippen molar-refractivity contribution in [2.24, 2.45) is 0 Å². The average molecular weight is 368 g/mol. The molecule has 4 rings (SSSR count). The molecule has 2 aliphatic rings. The van der Waals surface area contributed by atoms with Gasteiger partial charge in [0.25, 0.3) is 5.91 Å². The number of oxazole rings is 1. The van der Waals surface area contributed by atoms with Crippen LogP contribution in [0.25, 0.3) is 0 Å². The van der Waals surface area contributed by atoms with Gasteiger partial charge in [-0.2, -0.15) is 0 Å². The van der Waals surface area contributed by atoms with Crippen LogP contribution in [-0.4, -0.2) is 54.3 Å². The number of carbonyl (C=O) groups is 2. The summed E-state index contributed by atoms with van der Waals surface area (Å²) in [7, 11) is 0. The Labute approximate surface area is 158 Å². The topological polar surface area (TPSA) is 78.7 Å². The molecular weight excluding hydrogens is 344 g/mol. The van der Waals surface area contributed by atoms with E-state index in [0.29, 0.717) is 30.2 Å². The van der Waals surface area contributed by atoms with E-state index in [1.807, 2.05) is 29.2 Å². The van der Waals surface area contributed by atoms with Gasteiger partial charge in [0.05, 0.1) is 6.04 Å². The van der Waals surface area contributed by atoms with Gasteiger partial charge in [-0.3, -0.25) is 9.59 Å². The largest absolute Gasteiger partial charge is 0.446 e. The second-order valence-corrected chi connectivity index (χ2v) is 7.10. The summed E-state index contributed by atoms with van der Waals surface area (Å²) in [6.07, 6.45) is 3.57. The summed E-state index contributed by atoms with van der Waals surface area (Å²) in [5.74, 6) is 0.603. The van der Waals surface area contributed by atoms with E-state index in [1.54, 1.807) is 6.92 Å². The zero-order chi connectivity index (χ0) is 18.8. The molecule has 27 heavy (non-hydrogen) atoms. The van der Waals surface area contributed by atoms with Gasteiger partial charge in [0.15, 0.2) is 11.5 Å². The summed E-state index contributed by atoms with van der Waals surface area (Å²) in [6.45, 7) is 5.30. The molecule has 2 fully saturated rings. The van der Waals surface area contributed by atoms with Crippen molar-refractivity contribution in [3.8, 4) is 0 Å². The molecule has 0 radical (unpaired) electrons. The highest BCUT2D eigenvalue weighted by Gasteiger charge is 2.27. The summed E-state index contributed by atoms with van der Waals surface area (Å²) >= 11 is 0. The SMILES string of the molecule is CC(=O)c1ccc(N2CCN(C(=O)c3coc(C4CCCN4)n3)CC2)cc1. The standard InChI is InChI=1S/C20H24N4O3/c1-14(25)15-4-6-16(7-5-15)23-9-11-24(12-10-23)20(26)18-13-27-19(22-18)17-3-2-8-21-17/h4-7,13,17,21H,2-3,8-12H2,1H3. The van der Waals surface area contributed by atoms with Crippen LogP contribution in [0.15, 0.2) is 34.9 Å². The van der Waals surface area contributed by atoms with Crippen molar-refractivity contribution in [1.29, 1.82) is 0 Å². The van der Waals surface area contributed by atoms with E-state index in [4.69, 9.17) is 4.42 Å². The molecule has 0 aliphatic carbocycles. The van der Waals surface area contributed by atoms with Gasteiger partial charge < -0.3 is 19.5 Å². The third-order valence-electron chi connectivity index (χ3n) is 5.31. The molecule has 7 heteroatoms. The first-order valence-corrected chi connectivity index (χ1v) is 9.46. The Hall–Kier alpha value is -2.67. The first-order valence-electron chi connectivity index (χ1n) is 9.46. The molecule has 2 aliphatic heterocycles. The van der Waals surface area contributed by atoms with Crippen LogP contribution in [0.4, 0.5) is 5.69 Å². The van der Waals surface area contributed by atoms with Gasteiger partial charge in [0.1, 0.15) is 6.26 Å². The maximum Gasteiger partial charge on any atom is 0.275 e. The predicted octanol–water partition coefficient (Wildman–Crippen LogP) is 2.26. The monoisotopic (exact) mass is 368 g/mol. The minimum absolute atomic E-state index is 0.0664. The van der Waals surface area contributed by atoms with Crippen LogP contribution >= 0.6 is 0 Å². The highest BCUT2D eigenvalue weighted by molar-refractivity contribution is 5.94. The number of hydrogen-bond acceptors (Lipinski definition) is 6. The summed E-state index contributed by atoms with van der Waals surface area (Å²) in [5.41, 5.74) is 2.17. The number of hydrogen-bond donors (Lipinski definition) is 1. The van der Waals surface area contributed by atoms with Crippen molar-refractivity contribution in [3.05, 3.63) is 47.7 Å². The number of nitrogens with one attached hydrogen (secondary N) is 1. The second-order valence-electron chi connectivity index (χ2n) is 7.10. The summed E-state index contributed by atoms with van der Waals surface area (Å²) in [4.78, 5) is 32.6. The molecule has 0 spiro atoms. The maximum absolute atomic E-state index is 12.7. The van der Waals surface area contributed by atoms with Crippen LogP contribution in [0.3, 0.4) is 0 Å². The average Bonchev–Trinajstić information content (AvgIpc) is 3.39. The molecule has 1 atom stereocenters.